The molecular weight excluding hydrogens is 502 g/mol. The molecule has 0 amide bonds. The number of carbonyl (C=O) groups is 2. The fourth-order valence-corrected chi connectivity index (χ4v) is 4.39. The van der Waals surface area contributed by atoms with E-state index in [0.717, 1.165) is 50.0 Å². The third-order valence-electron chi connectivity index (χ3n) is 6.61. The van der Waals surface area contributed by atoms with Crippen molar-refractivity contribution in [2.45, 2.75) is 33.9 Å². The van der Waals surface area contributed by atoms with Crippen LogP contribution in [0.4, 0.5) is 0 Å². The number of benzene rings is 2. The molecule has 0 unspecified atom stereocenters. The number of aryl methyl sites for hydroxylation is 2. The number of halogens is 1. The van der Waals surface area contributed by atoms with E-state index in [1.54, 1.807) is 0 Å². The Balaban J connectivity index is 0.000000436. The van der Waals surface area contributed by atoms with Crippen LogP contribution in [0.25, 0.3) is 11.3 Å². The first kappa shape index (κ1) is 29.0. The van der Waals surface area contributed by atoms with Gasteiger partial charge in [0.2, 0.25) is 0 Å². The molecule has 2 aromatic carbocycles. The zero-order valence-electron chi connectivity index (χ0n) is 22.0. The van der Waals surface area contributed by atoms with Crippen molar-refractivity contribution in [1.82, 2.24) is 14.8 Å². The van der Waals surface area contributed by atoms with Crippen molar-refractivity contribution in [3.05, 3.63) is 99.7 Å². The summed E-state index contributed by atoms with van der Waals surface area (Å²) in [6.45, 7) is 12.9. The molecule has 4 rings (SSSR count). The fraction of sp³-hybridized carbons (Fsp3) is 0.300. The van der Waals surface area contributed by atoms with Crippen LogP contribution in [0.3, 0.4) is 0 Å². The summed E-state index contributed by atoms with van der Waals surface area (Å²) in [7, 11) is 0. The molecule has 7 nitrogen and oxygen atoms in total. The predicted molar refractivity (Wildman–Crippen MR) is 150 cm³/mol. The van der Waals surface area contributed by atoms with Crippen LogP contribution in [0.1, 0.15) is 27.8 Å². The summed E-state index contributed by atoms with van der Waals surface area (Å²) >= 11 is 6.00. The Morgan fingerprint density at radius 1 is 0.816 bits per heavy atom. The Hall–Kier alpha value is -3.52. The third kappa shape index (κ3) is 9.10. The van der Waals surface area contributed by atoms with Crippen LogP contribution in [0, 0.1) is 20.8 Å². The molecule has 2 heterocycles. The topological polar surface area (TPSA) is 94.0 Å². The molecule has 0 saturated carbocycles. The van der Waals surface area contributed by atoms with Crippen LogP contribution in [-0.4, -0.2) is 63.1 Å². The first-order valence-electron chi connectivity index (χ1n) is 12.5. The first-order chi connectivity index (χ1) is 18.1. The van der Waals surface area contributed by atoms with Crippen LogP contribution >= 0.6 is 11.6 Å². The van der Waals surface area contributed by atoms with Gasteiger partial charge in [-0.3, -0.25) is 14.8 Å². The van der Waals surface area contributed by atoms with E-state index in [2.05, 4.69) is 72.0 Å². The molecule has 0 spiro atoms. The maximum absolute atomic E-state index is 9.55. The first-order valence-corrected chi connectivity index (χ1v) is 12.8. The van der Waals surface area contributed by atoms with Gasteiger partial charge in [0.05, 0.1) is 5.69 Å². The highest BCUT2D eigenvalue weighted by Crippen LogP contribution is 2.24. The van der Waals surface area contributed by atoms with E-state index in [-0.39, 0.29) is 0 Å². The van der Waals surface area contributed by atoms with E-state index in [0.29, 0.717) is 12.2 Å². The molecule has 1 fully saturated rings. The van der Waals surface area contributed by atoms with Gasteiger partial charge in [0.1, 0.15) is 0 Å². The van der Waals surface area contributed by atoms with Crippen molar-refractivity contribution in [2.24, 2.45) is 0 Å². The molecule has 0 aliphatic carbocycles. The Kier molecular flexibility index (Phi) is 10.6. The summed E-state index contributed by atoms with van der Waals surface area (Å²) in [5.74, 6) is -2.51. The third-order valence-corrected chi connectivity index (χ3v) is 6.86. The second-order valence-electron chi connectivity index (χ2n) is 9.47. The van der Waals surface area contributed by atoms with E-state index in [1.807, 2.05) is 18.3 Å². The smallest absolute Gasteiger partial charge is 0.328 e. The Labute approximate surface area is 229 Å². The molecule has 38 heavy (non-hydrogen) atoms. The van der Waals surface area contributed by atoms with Gasteiger partial charge in [0.15, 0.2) is 0 Å². The van der Waals surface area contributed by atoms with E-state index < -0.39 is 11.9 Å². The van der Waals surface area contributed by atoms with Crippen molar-refractivity contribution in [3.8, 4) is 11.3 Å². The van der Waals surface area contributed by atoms with Gasteiger partial charge in [-0.25, -0.2) is 9.59 Å². The Morgan fingerprint density at radius 3 is 1.82 bits per heavy atom. The molecule has 0 radical (unpaired) electrons. The fourth-order valence-electron chi connectivity index (χ4n) is 4.27. The van der Waals surface area contributed by atoms with Gasteiger partial charge in [-0.2, -0.15) is 0 Å². The standard InChI is InChI=1S/C26H30ClN3.C4H4O4/c1-19-14-24(15-20(2)21(19)3)26-16-23(8-9-28-26)18-30-12-10-29(11-13-30)17-22-4-6-25(27)7-5-22;5-3(6)1-2-4(7)8/h4-9,14-16H,10-13,17-18H2,1-3H3;1-2H,(H,5,6)(H,7,8)/b;2-1-. The van der Waals surface area contributed by atoms with Crippen LogP contribution in [0.2, 0.25) is 5.02 Å². The van der Waals surface area contributed by atoms with Gasteiger partial charge in [0.25, 0.3) is 0 Å². The highest BCUT2D eigenvalue weighted by molar-refractivity contribution is 6.30. The summed E-state index contributed by atoms with van der Waals surface area (Å²) in [5.41, 5.74) is 8.97. The quantitative estimate of drug-likeness (QED) is 0.393. The SMILES string of the molecule is Cc1cc(-c2cc(CN3CCN(Cc4ccc(Cl)cc4)CC3)ccn2)cc(C)c1C.O=C(O)/C=C\C(=O)O. The van der Waals surface area contributed by atoms with Crippen molar-refractivity contribution in [2.75, 3.05) is 26.2 Å². The van der Waals surface area contributed by atoms with Crippen molar-refractivity contribution in [3.63, 3.8) is 0 Å². The molecule has 2 N–H and O–H groups in total. The largest absolute Gasteiger partial charge is 0.478 e. The summed E-state index contributed by atoms with van der Waals surface area (Å²) < 4.78 is 0. The number of aliphatic carboxylic acids is 2. The number of aromatic nitrogens is 1. The maximum Gasteiger partial charge on any atom is 0.328 e. The molecule has 3 aromatic rings. The summed E-state index contributed by atoms with van der Waals surface area (Å²) in [5, 5.41) is 16.4. The number of hydrogen-bond acceptors (Lipinski definition) is 5. The number of rotatable bonds is 7. The van der Waals surface area contributed by atoms with Gasteiger partial charge < -0.3 is 10.2 Å². The molecule has 0 atom stereocenters. The van der Waals surface area contributed by atoms with Crippen LogP contribution < -0.4 is 0 Å². The van der Waals surface area contributed by atoms with Crippen molar-refractivity contribution >= 4 is 23.5 Å². The lowest BCUT2D eigenvalue weighted by atomic mass is 9.98. The number of hydrogen-bond donors (Lipinski definition) is 2. The lowest BCUT2D eigenvalue weighted by Crippen LogP contribution is -2.45. The molecule has 200 valence electrons. The zero-order valence-corrected chi connectivity index (χ0v) is 22.8. The van der Waals surface area contributed by atoms with Crippen LogP contribution in [0.15, 0.2) is 66.9 Å². The number of carboxylic acids is 2. The van der Waals surface area contributed by atoms with Gasteiger partial charge in [-0.1, -0.05) is 23.7 Å². The lowest BCUT2D eigenvalue weighted by molar-refractivity contribution is -0.134. The summed E-state index contributed by atoms with van der Waals surface area (Å²) in [6.07, 6.45) is 3.07. The van der Waals surface area contributed by atoms with Crippen molar-refractivity contribution < 1.29 is 19.8 Å². The Bertz CT molecular complexity index is 1240. The van der Waals surface area contributed by atoms with E-state index in [9.17, 15) is 9.59 Å². The minimum absolute atomic E-state index is 0.558. The van der Waals surface area contributed by atoms with E-state index >= 15 is 0 Å². The summed E-state index contributed by atoms with van der Waals surface area (Å²) in [6, 6.07) is 17.1. The molecule has 1 saturated heterocycles. The van der Waals surface area contributed by atoms with E-state index in [1.165, 1.54) is 33.4 Å². The van der Waals surface area contributed by atoms with E-state index in [4.69, 9.17) is 21.8 Å². The van der Waals surface area contributed by atoms with Crippen molar-refractivity contribution in [1.29, 1.82) is 0 Å². The molecular formula is C30H34ClN3O4. The lowest BCUT2D eigenvalue weighted by Gasteiger charge is -2.34. The highest BCUT2D eigenvalue weighted by atomic mass is 35.5. The predicted octanol–water partition coefficient (Wildman–Crippen LogP) is 5.36. The summed E-state index contributed by atoms with van der Waals surface area (Å²) in [4.78, 5) is 28.8. The molecule has 0 bridgehead atoms. The maximum atomic E-state index is 9.55. The van der Waals surface area contributed by atoms with Crippen LogP contribution in [0.5, 0.6) is 0 Å². The Morgan fingerprint density at radius 2 is 1.32 bits per heavy atom. The van der Waals surface area contributed by atoms with Crippen LogP contribution in [-0.2, 0) is 22.7 Å². The highest BCUT2D eigenvalue weighted by Gasteiger charge is 2.17. The number of pyridine rings is 1. The average Bonchev–Trinajstić information content (AvgIpc) is 2.89. The molecule has 1 aliphatic heterocycles. The molecule has 1 aromatic heterocycles. The monoisotopic (exact) mass is 535 g/mol. The molecule has 1 aliphatic rings. The van der Waals surface area contributed by atoms with Gasteiger partial charge >= 0.3 is 11.9 Å². The zero-order chi connectivity index (χ0) is 27.7. The van der Waals surface area contributed by atoms with Gasteiger partial charge in [0, 0.05) is 68.2 Å². The normalized spacial score (nSPS) is 14.2. The number of piperazine rings is 1. The second kappa shape index (κ2) is 13.9. The molecule has 8 heteroatoms. The number of carboxylic acid groups (broad SMARTS) is 2. The minimum Gasteiger partial charge on any atom is -0.478 e. The minimum atomic E-state index is -1.26. The van der Waals surface area contributed by atoms with Gasteiger partial charge in [-0.15, -0.1) is 0 Å². The average molecular weight is 536 g/mol. The number of nitrogens with zero attached hydrogens (tertiary/aromatic N) is 3. The second-order valence-corrected chi connectivity index (χ2v) is 9.91. The van der Waals surface area contributed by atoms with Gasteiger partial charge in [-0.05, 0) is 85.0 Å².